The van der Waals surface area contributed by atoms with Crippen LogP contribution < -0.4 is 11.5 Å². The van der Waals surface area contributed by atoms with E-state index in [9.17, 15) is 8.42 Å². The van der Waals surface area contributed by atoms with Crippen LogP contribution >= 0.6 is 0 Å². The van der Waals surface area contributed by atoms with Crippen molar-refractivity contribution in [3.8, 4) is 0 Å². The average Bonchev–Trinajstić information content (AvgIpc) is 2.32. The van der Waals surface area contributed by atoms with Gasteiger partial charge in [-0.3, -0.25) is 4.55 Å². The summed E-state index contributed by atoms with van der Waals surface area (Å²) in [4.78, 5) is 5.73. The Labute approximate surface area is 122 Å². The molecule has 0 amide bonds. The highest BCUT2D eigenvalue weighted by Gasteiger charge is 2.27. The average molecular weight is 321 g/mol. The second-order valence-electron chi connectivity index (χ2n) is 3.80. The lowest BCUT2D eigenvalue weighted by molar-refractivity contribution is -0.0131. The van der Waals surface area contributed by atoms with Crippen molar-refractivity contribution in [3.05, 3.63) is 37.2 Å². The molecule has 1 rings (SSSR count). The van der Waals surface area contributed by atoms with Gasteiger partial charge in [-0.25, -0.2) is 0 Å². The highest BCUT2D eigenvalue weighted by atomic mass is 32.3. The standard InChI is InChI=1S/C10H17N5O4S.H2O/c1-3-5-14(6-4-2)9-7-8(11)15(10(12)13-9)19-20(16,17)18;/h3-4,7-8H,1-2,5-6,11H2,(H2,12,13)(H,16,17,18);1H2. The lowest BCUT2D eigenvalue weighted by Gasteiger charge is -2.31. The maximum atomic E-state index is 10.7. The van der Waals surface area contributed by atoms with Gasteiger partial charge in [0.25, 0.3) is 0 Å². The fourth-order valence-electron chi connectivity index (χ4n) is 1.52. The van der Waals surface area contributed by atoms with Crippen molar-refractivity contribution in [1.29, 1.82) is 0 Å². The van der Waals surface area contributed by atoms with Gasteiger partial charge in [0.05, 0.1) is 0 Å². The first-order valence-corrected chi connectivity index (χ1v) is 6.89. The molecule has 0 saturated heterocycles. The third kappa shape index (κ3) is 5.53. The fourth-order valence-corrected chi connectivity index (χ4v) is 1.89. The first-order chi connectivity index (χ1) is 9.28. The van der Waals surface area contributed by atoms with Crippen LogP contribution in [0, 0.1) is 0 Å². The summed E-state index contributed by atoms with van der Waals surface area (Å²) < 4.78 is 34.2. The van der Waals surface area contributed by atoms with E-state index < -0.39 is 16.6 Å². The zero-order valence-electron chi connectivity index (χ0n) is 11.2. The van der Waals surface area contributed by atoms with Crippen molar-refractivity contribution in [2.45, 2.75) is 6.17 Å². The molecule has 0 spiro atoms. The molecule has 0 aliphatic carbocycles. The van der Waals surface area contributed by atoms with E-state index in [-0.39, 0.29) is 11.4 Å². The number of hydroxylamine groups is 2. The van der Waals surface area contributed by atoms with Crippen molar-refractivity contribution in [3.63, 3.8) is 0 Å². The van der Waals surface area contributed by atoms with Crippen LogP contribution in [0.1, 0.15) is 0 Å². The van der Waals surface area contributed by atoms with Crippen LogP contribution in [0.2, 0.25) is 0 Å². The Balaban J connectivity index is 0.00000400. The molecule has 1 aliphatic heterocycles. The number of aliphatic imine (C=N–C) groups is 1. The Hall–Kier alpha value is -1.92. The van der Waals surface area contributed by atoms with Crippen LogP contribution in [0.15, 0.2) is 42.2 Å². The Morgan fingerprint density at radius 2 is 2.00 bits per heavy atom. The van der Waals surface area contributed by atoms with Gasteiger partial charge in [0.2, 0.25) is 5.96 Å². The minimum atomic E-state index is -4.74. The molecule has 0 radical (unpaired) electrons. The van der Waals surface area contributed by atoms with E-state index in [4.69, 9.17) is 16.0 Å². The molecular formula is C10H19N5O5S. The number of nitrogens with two attached hydrogens (primary N) is 2. The maximum absolute atomic E-state index is 10.7. The molecule has 10 nitrogen and oxygen atoms in total. The lowest BCUT2D eigenvalue weighted by Crippen LogP contribution is -2.51. The molecule has 0 bridgehead atoms. The minimum absolute atomic E-state index is 0. The molecular weight excluding hydrogens is 302 g/mol. The van der Waals surface area contributed by atoms with Gasteiger partial charge in [-0.15, -0.1) is 17.4 Å². The predicted molar refractivity (Wildman–Crippen MR) is 77.7 cm³/mol. The quantitative estimate of drug-likeness (QED) is 0.369. The van der Waals surface area contributed by atoms with Crippen molar-refractivity contribution in [1.82, 2.24) is 9.96 Å². The molecule has 1 unspecified atom stereocenters. The first-order valence-electron chi connectivity index (χ1n) is 5.53. The van der Waals surface area contributed by atoms with Gasteiger partial charge in [-0.2, -0.15) is 18.5 Å². The van der Waals surface area contributed by atoms with Crippen LogP contribution in [-0.4, -0.2) is 53.6 Å². The topological polar surface area (TPSA) is 166 Å². The summed E-state index contributed by atoms with van der Waals surface area (Å²) in [5, 5.41) is 0.582. The summed E-state index contributed by atoms with van der Waals surface area (Å²) >= 11 is 0. The Morgan fingerprint density at radius 3 is 2.38 bits per heavy atom. The van der Waals surface area contributed by atoms with Gasteiger partial charge in [0.1, 0.15) is 12.0 Å². The molecule has 0 aromatic heterocycles. The number of guanidine groups is 1. The van der Waals surface area contributed by atoms with E-state index >= 15 is 0 Å². The molecule has 7 N–H and O–H groups in total. The van der Waals surface area contributed by atoms with Crippen molar-refractivity contribution >= 4 is 16.4 Å². The Kier molecular flexibility index (Phi) is 7.05. The summed E-state index contributed by atoms with van der Waals surface area (Å²) in [6, 6.07) is 0. The number of hydrogen-bond acceptors (Lipinski definition) is 8. The molecule has 0 aromatic rings. The van der Waals surface area contributed by atoms with E-state index in [1.165, 1.54) is 6.08 Å². The van der Waals surface area contributed by atoms with Crippen LogP contribution in [0.5, 0.6) is 0 Å². The number of rotatable bonds is 7. The van der Waals surface area contributed by atoms with Crippen LogP contribution in [-0.2, 0) is 14.7 Å². The third-order valence-electron chi connectivity index (χ3n) is 2.24. The highest BCUT2D eigenvalue weighted by molar-refractivity contribution is 7.80. The van der Waals surface area contributed by atoms with Gasteiger partial charge < -0.3 is 21.8 Å². The summed E-state index contributed by atoms with van der Waals surface area (Å²) in [6.07, 6.45) is 3.71. The largest absolute Gasteiger partial charge is 0.418 e. The second-order valence-corrected chi connectivity index (χ2v) is 4.80. The number of nitrogens with zero attached hydrogens (tertiary/aromatic N) is 3. The van der Waals surface area contributed by atoms with Gasteiger partial charge >= 0.3 is 10.4 Å². The molecule has 1 aliphatic rings. The normalized spacial score (nSPS) is 18.2. The van der Waals surface area contributed by atoms with Crippen LogP contribution in [0.4, 0.5) is 0 Å². The predicted octanol–water partition coefficient (Wildman–Crippen LogP) is -1.67. The third-order valence-corrected chi connectivity index (χ3v) is 2.59. The molecule has 11 heteroatoms. The summed E-state index contributed by atoms with van der Waals surface area (Å²) in [6.45, 7) is 8.18. The zero-order valence-corrected chi connectivity index (χ0v) is 12.0. The van der Waals surface area contributed by atoms with E-state index in [1.807, 2.05) is 0 Å². The van der Waals surface area contributed by atoms with Gasteiger partial charge in [0, 0.05) is 13.1 Å². The van der Waals surface area contributed by atoms with Gasteiger partial charge in [-0.1, -0.05) is 12.2 Å². The smallest absolute Gasteiger partial charge is 0.412 e. The summed E-state index contributed by atoms with van der Waals surface area (Å²) in [7, 11) is -4.74. The van der Waals surface area contributed by atoms with Crippen molar-refractivity contribution in [2.24, 2.45) is 16.5 Å². The van der Waals surface area contributed by atoms with Crippen molar-refractivity contribution in [2.75, 3.05) is 13.1 Å². The van der Waals surface area contributed by atoms with Crippen LogP contribution in [0.3, 0.4) is 0 Å². The van der Waals surface area contributed by atoms with Gasteiger partial charge in [0.15, 0.2) is 0 Å². The van der Waals surface area contributed by atoms with E-state index in [1.54, 1.807) is 17.1 Å². The maximum Gasteiger partial charge on any atom is 0.418 e. The van der Waals surface area contributed by atoms with Crippen LogP contribution in [0.25, 0.3) is 0 Å². The Bertz CT molecular complexity index is 534. The molecule has 0 aromatic carbocycles. The molecule has 21 heavy (non-hydrogen) atoms. The van der Waals surface area contributed by atoms with E-state index in [2.05, 4.69) is 22.4 Å². The SMILES string of the molecule is C=CCN(CC=C)C1=CC(N)N(OS(=O)(=O)O)C(N)=N1.O. The monoisotopic (exact) mass is 321 g/mol. The zero-order chi connectivity index (χ0) is 15.3. The molecule has 1 heterocycles. The van der Waals surface area contributed by atoms with Crippen molar-refractivity contribution < 1.29 is 22.7 Å². The van der Waals surface area contributed by atoms with E-state index in [0.717, 1.165) is 0 Å². The molecule has 1 atom stereocenters. The van der Waals surface area contributed by atoms with Gasteiger partial charge in [-0.05, 0) is 6.08 Å². The second kappa shape index (κ2) is 7.75. The van der Waals surface area contributed by atoms with E-state index in [0.29, 0.717) is 24.0 Å². The number of hydrogen-bond donors (Lipinski definition) is 3. The highest BCUT2D eigenvalue weighted by Crippen LogP contribution is 2.15. The molecule has 0 fully saturated rings. The molecule has 120 valence electrons. The first kappa shape index (κ1) is 19.1. The lowest BCUT2D eigenvalue weighted by atomic mass is 10.3. The summed E-state index contributed by atoms with van der Waals surface area (Å²) in [5.74, 6) is 0.121. The minimum Gasteiger partial charge on any atom is -0.412 e. The summed E-state index contributed by atoms with van der Waals surface area (Å²) in [5.41, 5.74) is 11.3. The molecule has 0 saturated carbocycles. The fraction of sp³-hybridized carbons (Fsp3) is 0.300. The Morgan fingerprint density at radius 1 is 1.48 bits per heavy atom.